The van der Waals surface area contributed by atoms with Crippen LogP contribution in [0, 0.1) is 5.82 Å². The van der Waals surface area contributed by atoms with Gasteiger partial charge in [0.05, 0.1) is 11.6 Å². The van der Waals surface area contributed by atoms with E-state index in [1.807, 2.05) is 6.92 Å². The molecule has 17 heavy (non-hydrogen) atoms. The Morgan fingerprint density at radius 2 is 2.24 bits per heavy atom. The number of ether oxygens (including phenoxy) is 2. The Kier molecular flexibility index (Phi) is 5.77. The SMILES string of the molecule is CCCCOC(=O)COc1ccc(Cl)c(F)c1. The van der Waals surface area contributed by atoms with Crippen molar-refractivity contribution in [1.29, 1.82) is 0 Å². The number of esters is 1. The first-order chi connectivity index (χ1) is 8.13. The molecule has 0 aliphatic carbocycles. The molecule has 0 aliphatic heterocycles. The molecule has 1 aromatic carbocycles. The van der Waals surface area contributed by atoms with Crippen molar-refractivity contribution in [3.63, 3.8) is 0 Å². The molecule has 0 fully saturated rings. The quantitative estimate of drug-likeness (QED) is 0.582. The Hall–Kier alpha value is -1.29. The Labute approximate surface area is 104 Å². The third-order valence-corrected chi connectivity index (χ3v) is 2.32. The molecule has 0 saturated carbocycles. The fraction of sp³-hybridized carbons (Fsp3) is 0.417. The lowest BCUT2D eigenvalue weighted by Crippen LogP contribution is -2.15. The molecule has 0 spiro atoms. The zero-order valence-corrected chi connectivity index (χ0v) is 10.3. The van der Waals surface area contributed by atoms with Gasteiger partial charge in [0, 0.05) is 6.07 Å². The first kappa shape index (κ1) is 13.8. The predicted octanol–water partition coefficient (Wildman–Crippen LogP) is 3.20. The van der Waals surface area contributed by atoms with Gasteiger partial charge >= 0.3 is 5.97 Å². The van der Waals surface area contributed by atoms with Crippen molar-refractivity contribution in [2.24, 2.45) is 0 Å². The summed E-state index contributed by atoms with van der Waals surface area (Å²) in [5, 5.41) is 0.0165. The largest absolute Gasteiger partial charge is 0.482 e. The van der Waals surface area contributed by atoms with Crippen LogP contribution in [0.15, 0.2) is 18.2 Å². The van der Waals surface area contributed by atoms with Gasteiger partial charge in [-0.05, 0) is 18.6 Å². The van der Waals surface area contributed by atoms with Gasteiger partial charge in [-0.15, -0.1) is 0 Å². The van der Waals surface area contributed by atoms with Gasteiger partial charge in [0.2, 0.25) is 0 Å². The smallest absolute Gasteiger partial charge is 0.344 e. The summed E-state index contributed by atoms with van der Waals surface area (Å²) in [6.07, 6.45) is 1.78. The van der Waals surface area contributed by atoms with E-state index in [9.17, 15) is 9.18 Å². The normalized spacial score (nSPS) is 10.1. The zero-order valence-electron chi connectivity index (χ0n) is 9.54. The van der Waals surface area contributed by atoms with E-state index >= 15 is 0 Å². The van der Waals surface area contributed by atoms with Crippen LogP contribution >= 0.6 is 11.6 Å². The molecular weight excluding hydrogens is 247 g/mol. The number of halogens is 2. The maximum Gasteiger partial charge on any atom is 0.344 e. The first-order valence-corrected chi connectivity index (χ1v) is 5.74. The average molecular weight is 261 g/mol. The number of hydrogen-bond acceptors (Lipinski definition) is 3. The highest BCUT2D eigenvalue weighted by Crippen LogP contribution is 2.20. The zero-order chi connectivity index (χ0) is 12.7. The third-order valence-electron chi connectivity index (χ3n) is 2.01. The van der Waals surface area contributed by atoms with Crippen LogP contribution in [0.1, 0.15) is 19.8 Å². The van der Waals surface area contributed by atoms with E-state index in [1.165, 1.54) is 12.1 Å². The van der Waals surface area contributed by atoms with Crippen molar-refractivity contribution in [3.05, 3.63) is 29.0 Å². The molecule has 0 bridgehead atoms. The summed E-state index contributed by atoms with van der Waals surface area (Å²) < 4.78 is 23.0. The van der Waals surface area contributed by atoms with E-state index in [4.69, 9.17) is 21.1 Å². The number of carbonyl (C=O) groups excluding carboxylic acids is 1. The number of hydrogen-bond donors (Lipinski definition) is 0. The Morgan fingerprint density at radius 1 is 1.47 bits per heavy atom. The molecule has 3 nitrogen and oxygen atoms in total. The summed E-state index contributed by atoms with van der Waals surface area (Å²) in [6.45, 7) is 2.15. The average Bonchev–Trinajstić information content (AvgIpc) is 2.31. The fourth-order valence-corrected chi connectivity index (χ4v) is 1.20. The van der Waals surface area contributed by atoms with Gasteiger partial charge in [0.25, 0.3) is 0 Å². The lowest BCUT2D eigenvalue weighted by atomic mass is 10.3. The third kappa shape index (κ3) is 5.04. The topological polar surface area (TPSA) is 35.5 Å². The van der Waals surface area contributed by atoms with E-state index in [0.29, 0.717) is 6.61 Å². The van der Waals surface area contributed by atoms with Crippen LogP contribution in [0.4, 0.5) is 4.39 Å². The van der Waals surface area contributed by atoms with Gasteiger partial charge in [0.15, 0.2) is 6.61 Å². The lowest BCUT2D eigenvalue weighted by Gasteiger charge is -2.06. The number of unbranched alkanes of at least 4 members (excludes halogenated alkanes) is 1. The molecule has 1 rings (SSSR count). The van der Waals surface area contributed by atoms with Crippen LogP contribution in [0.5, 0.6) is 5.75 Å². The number of rotatable bonds is 6. The first-order valence-electron chi connectivity index (χ1n) is 5.37. The van der Waals surface area contributed by atoms with Crippen molar-refractivity contribution in [1.82, 2.24) is 0 Å². The predicted molar refractivity (Wildman–Crippen MR) is 62.8 cm³/mol. The van der Waals surface area contributed by atoms with Crippen LogP contribution in [-0.2, 0) is 9.53 Å². The molecule has 0 aliphatic rings. The highest BCUT2D eigenvalue weighted by atomic mass is 35.5. The highest BCUT2D eigenvalue weighted by Gasteiger charge is 2.06. The summed E-state index contributed by atoms with van der Waals surface area (Å²) in [6, 6.07) is 3.99. The van der Waals surface area contributed by atoms with Crippen LogP contribution in [0.2, 0.25) is 5.02 Å². The highest BCUT2D eigenvalue weighted by molar-refractivity contribution is 6.30. The molecule has 0 heterocycles. The van der Waals surface area contributed by atoms with Gasteiger partial charge in [-0.3, -0.25) is 0 Å². The minimum absolute atomic E-state index is 0.0165. The summed E-state index contributed by atoms with van der Waals surface area (Å²) in [5.41, 5.74) is 0. The molecule has 94 valence electrons. The fourth-order valence-electron chi connectivity index (χ4n) is 1.08. The number of benzene rings is 1. The summed E-state index contributed by atoms with van der Waals surface area (Å²) in [5.74, 6) is -0.795. The van der Waals surface area contributed by atoms with Crippen molar-refractivity contribution in [2.45, 2.75) is 19.8 Å². The van der Waals surface area contributed by atoms with E-state index in [1.54, 1.807) is 0 Å². The molecule has 1 aromatic rings. The van der Waals surface area contributed by atoms with Gasteiger partial charge in [-0.1, -0.05) is 24.9 Å². The Balaban J connectivity index is 2.34. The molecule has 0 amide bonds. The summed E-state index contributed by atoms with van der Waals surface area (Å²) >= 11 is 5.51. The van der Waals surface area contributed by atoms with Gasteiger partial charge < -0.3 is 9.47 Å². The van der Waals surface area contributed by atoms with Crippen LogP contribution in [-0.4, -0.2) is 19.2 Å². The van der Waals surface area contributed by atoms with E-state index < -0.39 is 11.8 Å². The van der Waals surface area contributed by atoms with E-state index in [-0.39, 0.29) is 17.4 Å². The van der Waals surface area contributed by atoms with Crippen LogP contribution < -0.4 is 4.74 Å². The Bertz CT molecular complexity index is 382. The maximum atomic E-state index is 13.0. The molecule has 5 heteroatoms. The lowest BCUT2D eigenvalue weighted by molar-refractivity contribution is -0.146. The van der Waals surface area contributed by atoms with E-state index in [0.717, 1.165) is 18.9 Å². The van der Waals surface area contributed by atoms with Gasteiger partial charge in [-0.25, -0.2) is 9.18 Å². The van der Waals surface area contributed by atoms with Crippen molar-refractivity contribution >= 4 is 17.6 Å². The second-order valence-corrected chi connectivity index (χ2v) is 3.85. The van der Waals surface area contributed by atoms with Gasteiger partial charge in [0.1, 0.15) is 11.6 Å². The van der Waals surface area contributed by atoms with Gasteiger partial charge in [-0.2, -0.15) is 0 Å². The van der Waals surface area contributed by atoms with Crippen LogP contribution in [0.25, 0.3) is 0 Å². The molecule has 0 N–H and O–H groups in total. The molecular formula is C12H14ClFO3. The second-order valence-electron chi connectivity index (χ2n) is 3.44. The second kappa shape index (κ2) is 7.12. The molecule has 0 atom stereocenters. The molecule has 0 aromatic heterocycles. The Morgan fingerprint density at radius 3 is 2.88 bits per heavy atom. The summed E-state index contributed by atoms with van der Waals surface area (Å²) in [4.78, 5) is 11.2. The minimum atomic E-state index is -0.580. The number of carbonyl (C=O) groups is 1. The monoisotopic (exact) mass is 260 g/mol. The van der Waals surface area contributed by atoms with Crippen molar-refractivity contribution in [2.75, 3.05) is 13.2 Å². The van der Waals surface area contributed by atoms with E-state index in [2.05, 4.69) is 0 Å². The maximum absolute atomic E-state index is 13.0. The van der Waals surface area contributed by atoms with Crippen molar-refractivity contribution in [3.8, 4) is 5.75 Å². The van der Waals surface area contributed by atoms with Crippen molar-refractivity contribution < 1.29 is 18.7 Å². The molecule has 0 radical (unpaired) electrons. The minimum Gasteiger partial charge on any atom is -0.482 e. The molecule has 0 unspecified atom stereocenters. The summed E-state index contributed by atoms with van der Waals surface area (Å²) in [7, 11) is 0. The standard InChI is InChI=1S/C12H14ClFO3/c1-2-3-6-16-12(15)8-17-9-4-5-10(13)11(14)7-9/h4-5,7H,2-3,6,8H2,1H3. The van der Waals surface area contributed by atoms with Crippen LogP contribution in [0.3, 0.4) is 0 Å². The molecule has 0 saturated heterocycles.